The highest BCUT2D eigenvalue weighted by Crippen LogP contribution is 2.36. The van der Waals surface area contributed by atoms with Crippen molar-refractivity contribution in [2.45, 2.75) is 32.4 Å². The molecule has 208 valence electrons. The van der Waals surface area contributed by atoms with E-state index in [1.165, 1.54) is 9.58 Å². The molecule has 1 atom stereocenters. The second-order valence-corrected chi connectivity index (χ2v) is 10.3. The van der Waals surface area contributed by atoms with Crippen LogP contribution in [0.3, 0.4) is 0 Å². The fraction of sp³-hybridized carbons (Fsp3) is 0.357. The number of aromatic nitrogens is 4. The predicted octanol–water partition coefficient (Wildman–Crippen LogP) is 4.59. The van der Waals surface area contributed by atoms with E-state index in [2.05, 4.69) is 15.0 Å². The van der Waals surface area contributed by atoms with Gasteiger partial charge in [0.05, 0.1) is 23.7 Å². The molecule has 0 spiro atoms. The highest BCUT2D eigenvalue weighted by molar-refractivity contribution is 6.35. The number of carboxylic acid groups (broad SMARTS) is 1. The topological polar surface area (TPSA) is 106 Å². The average molecular weight is 567 g/mol. The van der Waals surface area contributed by atoms with Gasteiger partial charge in [-0.2, -0.15) is 5.10 Å². The minimum Gasteiger partial charge on any atom is -0.465 e. The third-order valence-electron chi connectivity index (χ3n) is 7.62. The molecule has 40 heavy (non-hydrogen) atoms. The zero-order valence-corrected chi connectivity index (χ0v) is 22.6. The zero-order valence-electron chi connectivity index (χ0n) is 21.9. The number of esters is 1. The lowest BCUT2D eigenvalue weighted by molar-refractivity contribution is -0.146. The van der Waals surface area contributed by atoms with Gasteiger partial charge in [0.2, 0.25) is 0 Å². The molecule has 12 heteroatoms. The van der Waals surface area contributed by atoms with Crippen LogP contribution in [0, 0.1) is 5.82 Å². The van der Waals surface area contributed by atoms with Crippen LogP contribution in [-0.4, -0.2) is 74.2 Å². The SMILES string of the molecule is CCOC(=O)C(c1ncn2c1CCC2)n1cc2c(Cl)cc(-c3ccc(N4CCN(C(=O)O)CC4)cc3)c(F)c2n1. The van der Waals surface area contributed by atoms with Gasteiger partial charge in [0.25, 0.3) is 0 Å². The van der Waals surface area contributed by atoms with E-state index in [0.717, 1.165) is 30.8 Å². The zero-order chi connectivity index (χ0) is 28.0. The Hall–Kier alpha value is -4.12. The van der Waals surface area contributed by atoms with Crippen LogP contribution in [-0.2, 0) is 22.5 Å². The summed E-state index contributed by atoms with van der Waals surface area (Å²) in [5.74, 6) is -1.06. The van der Waals surface area contributed by atoms with Crippen molar-refractivity contribution in [3.05, 3.63) is 65.1 Å². The van der Waals surface area contributed by atoms with Crippen molar-refractivity contribution < 1.29 is 23.8 Å². The first kappa shape index (κ1) is 26.1. The molecule has 1 unspecified atom stereocenters. The van der Waals surface area contributed by atoms with E-state index in [4.69, 9.17) is 16.3 Å². The molecule has 2 aromatic heterocycles. The van der Waals surface area contributed by atoms with Crippen molar-refractivity contribution in [2.75, 3.05) is 37.7 Å². The van der Waals surface area contributed by atoms with Crippen LogP contribution in [0.2, 0.25) is 5.02 Å². The lowest BCUT2D eigenvalue weighted by atomic mass is 10.0. The van der Waals surface area contributed by atoms with Crippen molar-refractivity contribution in [3.63, 3.8) is 0 Å². The summed E-state index contributed by atoms with van der Waals surface area (Å²) in [6.07, 6.45) is 4.13. The highest BCUT2D eigenvalue weighted by atomic mass is 35.5. The van der Waals surface area contributed by atoms with Crippen LogP contribution < -0.4 is 4.90 Å². The Balaban J connectivity index is 1.33. The number of imidazole rings is 1. The number of carbonyl (C=O) groups excluding carboxylic acids is 1. The van der Waals surface area contributed by atoms with E-state index >= 15 is 4.39 Å². The van der Waals surface area contributed by atoms with Crippen molar-refractivity contribution >= 4 is 40.3 Å². The number of anilines is 1. The molecule has 0 bridgehead atoms. The molecule has 1 fully saturated rings. The van der Waals surface area contributed by atoms with Gasteiger partial charge in [-0.05, 0) is 43.5 Å². The Kier molecular flexibility index (Phi) is 6.83. The van der Waals surface area contributed by atoms with Crippen LogP contribution in [0.25, 0.3) is 22.0 Å². The van der Waals surface area contributed by atoms with Crippen LogP contribution in [0.15, 0.2) is 42.9 Å². The van der Waals surface area contributed by atoms with E-state index in [0.29, 0.717) is 53.4 Å². The number of piperazine rings is 1. The van der Waals surface area contributed by atoms with Gasteiger partial charge in [-0.1, -0.05) is 23.7 Å². The molecule has 6 rings (SSSR count). The molecule has 0 aliphatic carbocycles. The normalized spacial score (nSPS) is 15.9. The second kappa shape index (κ2) is 10.5. The van der Waals surface area contributed by atoms with Gasteiger partial charge in [0, 0.05) is 61.3 Å². The molecule has 0 saturated carbocycles. The fourth-order valence-electron chi connectivity index (χ4n) is 5.57. The maximum atomic E-state index is 16.0. The van der Waals surface area contributed by atoms with Crippen LogP contribution in [0.1, 0.15) is 30.8 Å². The number of rotatable bonds is 6. The van der Waals surface area contributed by atoms with E-state index in [9.17, 15) is 14.7 Å². The second-order valence-electron chi connectivity index (χ2n) is 9.92. The molecule has 1 amide bonds. The molecular formula is C28H28ClFN6O4. The van der Waals surface area contributed by atoms with E-state index in [-0.39, 0.29) is 12.1 Å². The first-order valence-corrected chi connectivity index (χ1v) is 13.6. The molecule has 1 N–H and O–H groups in total. The number of hydrogen-bond acceptors (Lipinski definition) is 6. The highest BCUT2D eigenvalue weighted by Gasteiger charge is 2.33. The molecule has 1 saturated heterocycles. The van der Waals surface area contributed by atoms with Gasteiger partial charge in [0.1, 0.15) is 5.52 Å². The monoisotopic (exact) mass is 566 g/mol. The van der Waals surface area contributed by atoms with Gasteiger partial charge in [-0.3, -0.25) is 4.68 Å². The third-order valence-corrected chi connectivity index (χ3v) is 7.94. The summed E-state index contributed by atoms with van der Waals surface area (Å²) in [6, 6.07) is 8.01. The molecule has 4 aromatic rings. The van der Waals surface area contributed by atoms with Gasteiger partial charge >= 0.3 is 12.1 Å². The molecule has 0 radical (unpaired) electrons. The maximum Gasteiger partial charge on any atom is 0.407 e. The number of benzene rings is 2. The Labute approximate surface area is 234 Å². The van der Waals surface area contributed by atoms with Crippen molar-refractivity contribution in [3.8, 4) is 11.1 Å². The number of fused-ring (bicyclic) bond motifs is 2. The summed E-state index contributed by atoms with van der Waals surface area (Å²) in [5.41, 5.74) is 3.41. The predicted molar refractivity (Wildman–Crippen MR) is 147 cm³/mol. The van der Waals surface area contributed by atoms with E-state index < -0.39 is 23.9 Å². The average Bonchev–Trinajstić information content (AvgIpc) is 3.69. The number of ether oxygens (including phenoxy) is 1. The third kappa shape index (κ3) is 4.53. The Morgan fingerprint density at radius 2 is 1.90 bits per heavy atom. The minimum absolute atomic E-state index is 0.0570. The Bertz CT molecular complexity index is 1590. The molecule has 2 aliphatic heterocycles. The largest absolute Gasteiger partial charge is 0.465 e. The number of halogens is 2. The van der Waals surface area contributed by atoms with E-state index in [1.807, 2.05) is 28.8 Å². The molecule has 2 aromatic carbocycles. The van der Waals surface area contributed by atoms with Crippen molar-refractivity contribution in [1.82, 2.24) is 24.2 Å². The standard InChI is InChI=1S/C28H28ClFN6O4/c1-2-40-27(37)26(25-22-4-3-9-35(22)16-31-25)36-15-20-21(29)14-19(23(30)24(20)32-36)17-5-7-18(8-6-17)33-10-12-34(13-11-33)28(38)39/h5-8,14-16,26H,2-4,9-13H2,1H3,(H,38,39). The van der Waals surface area contributed by atoms with Crippen molar-refractivity contribution in [1.29, 1.82) is 0 Å². The lowest BCUT2D eigenvalue weighted by Gasteiger charge is -2.34. The molecule has 2 aliphatic rings. The van der Waals surface area contributed by atoms with Crippen LogP contribution in [0.4, 0.5) is 14.9 Å². The first-order valence-electron chi connectivity index (χ1n) is 13.3. The summed E-state index contributed by atoms with van der Waals surface area (Å²) in [4.78, 5) is 32.3. The van der Waals surface area contributed by atoms with Gasteiger partial charge < -0.3 is 24.2 Å². The Morgan fingerprint density at radius 3 is 2.60 bits per heavy atom. The molecule has 4 heterocycles. The smallest absolute Gasteiger partial charge is 0.407 e. The van der Waals surface area contributed by atoms with Gasteiger partial charge in [0.15, 0.2) is 11.9 Å². The van der Waals surface area contributed by atoms with Gasteiger partial charge in [-0.15, -0.1) is 0 Å². The first-order chi connectivity index (χ1) is 19.4. The summed E-state index contributed by atoms with van der Waals surface area (Å²) in [7, 11) is 0. The van der Waals surface area contributed by atoms with E-state index in [1.54, 1.807) is 25.5 Å². The number of aryl methyl sites for hydroxylation is 1. The van der Waals surface area contributed by atoms with Gasteiger partial charge in [-0.25, -0.2) is 19.0 Å². The number of carbonyl (C=O) groups is 2. The minimum atomic E-state index is -0.957. The van der Waals surface area contributed by atoms with Crippen molar-refractivity contribution in [2.24, 2.45) is 0 Å². The Morgan fingerprint density at radius 1 is 1.15 bits per heavy atom. The lowest BCUT2D eigenvalue weighted by Crippen LogP contribution is -2.48. The fourth-order valence-corrected chi connectivity index (χ4v) is 5.82. The van der Waals surface area contributed by atoms with Crippen LogP contribution in [0.5, 0.6) is 0 Å². The number of amides is 1. The maximum absolute atomic E-state index is 16.0. The summed E-state index contributed by atoms with van der Waals surface area (Å²) < 4.78 is 24.7. The number of nitrogens with zero attached hydrogens (tertiary/aromatic N) is 6. The van der Waals surface area contributed by atoms with Crippen LogP contribution >= 0.6 is 11.6 Å². The summed E-state index contributed by atoms with van der Waals surface area (Å²) >= 11 is 6.64. The summed E-state index contributed by atoms with van der Waals surface area (Å²) in [5, 5.41) is 14.4. The number of hydrogen-bond donors (Lipinski definition) is 1. The summed E-state index contributed by atoms with van der Waals surface area (Å²) in [6.45, 7) is 4.77. The molecule has 10 nitrogen and oxygen atoms in total. The quantitative estimate of drug-likeness (QED) is 0.340. The molecular weight excluding hydrogens is 539 g/mol.